The van der Waals surface area contributed by atoms with Gasteiger partial charge in [0.15, 0.2) is 0 Å². The van der Waals surface area contributed by atoms with Crippen LogP contribution in [0.25, 0.3) is 5.69 Å². The number of ether oxygens (including phenoxy) is 1. The van der Waals surface area contributed by atoms with Crippen LogP contribution in [0, 0.1) is 0 Å². The third-order valence-electron chi connectivity index (χ3n) is 3.32. The predicted molar refractivity (Wildman–Crippen MR) is 70.6 cm³/mol. The van der Waals surface area contributed by atoms with Crippen LogP contribution in [0.15, 0.2) is 47.4 Å². The minimum absolute atomic E-state index is 0.0661. The Hall–Kier alpha value is -2.10. The number of hydrogen-bond acceptors (Lipinski definition) is 2. The van der Waals surface area contributed by atoms with E-state index in [2.05, 4.69) is 0 Å². The molecular formula is C15H14FNO2. The van der Waals surface area contributed by atoms with Gasteiger partial charge in [-0.2, -0.15) is 0 Å². The first-order chi connectivity index (χ1) is 9.28. The topological polar surface area (TPSA) is 31.2 Å². The molecule has 1 aliphatic rings. The van der Waals surface area contributed by atoms with Gasteiger partial charge in [0.05, 0.1) is 0 Å². The van der Waals surface area contributed by atoms with Crippen LogP contribution in [0.3, 0.4) is 0 Å². The van der Waals surface area contributed by atoms with Crippen LogP contribution < -0.4 is 10.3 Å². The lowest BCUT2D eigenvalue weighted by atomic mass is 10.2. The molecule has 0 amide bonds. The quantitative estimate of drug-likeness (QED) is 0.845. The molecule has 98 valence electrons. The smallest absolute Gasteiger partial charge is 0.255 e. The Morgan fingerprint density at radius 3 is 2.53 bits per heavy atom. The molecule has 0 unspecified atom stereocenters. The van der Waals surface area contributed by atoms with Gasteiger partial charge in [-0.05, 0) is 48.6 Å². The molecule has 1 fully saturated rings. The fourth-order valence-corrected chi connectivity index (χ4v) is 2.13. The van der Waals surface area contributed by atoms with Gasteiger partial charge in [-0.15, -0.1) is 0 Å². The molecule has 1 heterocycles. The first-order valence-corrected chi connectivity index (χ1v) is 6.30. The van der Waals surface area contributed by atoms with E-state index in [0.29, 0.717) is 11.7 Å². The normalized spacial score (nSPS) is 14.4. The van der Waals surface area contributed by atoms with Crippen LogP contribution in [0.5, 0.6) is 5.75 Å². The molecule has 3 nitrogen and oxygen atoms in total. The molecule has 0 spiro atoms. The van der Waals surface area contributed by atoms with E-state index in [1.54, 1.807) is 34.9 Å². The summed E-state index contributed by atoms with van der Waals surface area (Å²) in [5.74, 6) is 1.05. The molecule has 0 saturated heterocycles. The summed E-state index contributed by atoms with van der Waals surface area (Å²) in [7, 11) is 0. The van der Waals surface area contributed by atoms with Gasteiger partial charge in [0, 0.05) is 18.0 Å². The van der Waals surface area contributed by atoms with E-state index in [9.17, 15) is 9.18 Å². The van der Waals surface area contributed by atoms with Crippen molar-refractivity contribution in [1.82, 2.24) is 4.57 Å². The molecule has 0 aliphatic heterocycles. The van der Waals surface area contributed by atoms with Crippen LogP contribution in [-0.2, 0) is 0 Å². The van der Waals surface area contributed by atoms with Crippen molar-refractivity contribution >= 4 is 0 Å². The van der Waals surface area contributed by atoms with E-state index in [-0.39, 0.29) is 5.56 Å². The number of pyridine rings is 1. The second-order valence-electron chi connectivity index (χ2n) is 4.69. The summed E-state index contributed by atoms with van der Waals surface area (Å²) in [6.07, 6.45) is 4.29. The Kier molecular flexibility index (Phi) is 3.07. The number of aromatic nitrogens is 1. The number of benzene rings is 1. The maximum Gasteiger partial charge on any atom is 0.255 e. The lowest BCUT2D eigenvalue weighted by Gasteiger charge is -2.08. The summed E-state index contributed by atoms with van der Waals surface area (Å²) >= 11 is 0. The van der Waals surface area contributed by atoms with E-state index in [4.69, 9.17) is 4.74 Å². The number of alkyl halides is 1. The van der Waals surface area contributed by atoms with Gasteiger partial charge in [0.25, 0.3) is 5.56 Å². The summed E-state index contributed by atoms with van der Waals surface area (Å²) in [5, 5.41) is 0. The third-order valence-corrected chi connectivity index (χ3v) is 3.32. The van der Waals surface area contributed by atoms with Crippen molar-refractivity contribution in [2.75, 3.05) is 6.86 Å². The molecule has 0 N–H and O–H groups in total. The first-order valence-electron chi connectivity index (χ1n) is 6.30. The molecule has 3 rings (SSSR count). The molecule has 0 bridgehead atoms. The summed E-state index contributed by atoms with van der Waals surface area (Å²) in [5.41, 5.74) is 1.89. The Morgan fingerprint density at radius 1 is 1.16 bits per heavy atom. The fraction of sp³-hybridized carbons (Fsp3) is 0.267. The van der Waals surface area contributed by atoms with Crippen LogP contribution in [0.4, 0.5) is 4.39 Å². The minimum atomic E-state index is -0.851. The number of rotatable bonds is 4. The van der Waals surface area contributed by atoms with Gasteiger partial charge in [0.1, 0.15) is 5.75 Å². The van der Waals surface area contributed by atoms with Crippen molar-refractivity contribution < 1.29 is 9.13 Å². The van der Waals surface area contributed by atoms with Crippen LogP contribution in [0.2, 0.25) is 0 Å². The molecule has 0 radical (unpaired) electrons. The molecule has 1 aromatic heterocycles. The lowest BCUT2D eigenvalue weighted by molar-refractivity contribution is 0.192. The maximum absolute atomic E-state index is 12.0. The molecular weight excluding hydrogens is 245 g/mol. The number of nitrogens with zero attached hydrogens (tertiary/aromatic N) is 1. The summed E-state index contributed by atoms with van der Waals surface area (Å²) in [4.78, 5) is 11.9. The van der Waals surface area contributed by atoms with E-state index >= 15 is 0 Å². The second kappa shape index (κ2) is 4.88. The Bertz CT molecular complexity index is 629. The highest BCUT2D eigenvalue weighted by Crippen LogP contribution is 2.39. The van der Waals surface area contributed by atoms with Crippen molar-refractivity contribution in [3.05, 3.63) is 58.5 Å². The van der Waals surface area contributed by atoms with Gasteiger partial charge in [0.2, 0.25) is 6.86 Å². The summed E-state index contributed by atoms with van der Waals surface area (Å²) < 4.78 is 18.4. The van der Waals surface area contributed by atoms with Gasteiger partial charge in [-0.25, -0.2) is 4.39 Å². The molecule has 2 aromatic rings. The first kappa shape index (κ1) is 12.0. The Balaban J connectivity index is 1.96. The average molecular weight is 259 g/mol. The van der Waals surface area contributed by atoms with Crippen molar-refractivity contribution in [3.63, 3.8) is 0 Å². The third kappa shape index (κ3) is 2.52. The van der Waals surface area contributed by atoms with Crippen molar-refractivity contribution in [1.29, 1.82) is 0 Å². The standard InChI is InChI=1S/C15H14FNO2/c16-10-19-14-6-4-13(5-7-14)17-9-12(11-1-2-11)3-8-15(17)18/h3-9,11H,1-2,10H2. The molecule has 1 aliphatic carbocycles. The van der Waals surface area contributed by atoms with Gasteiger partial charge in [-0.3, -0.25) is 9.36 Å². The molecule has 1 aromatic carbocycles. The maximum atomic E-state index is 12.0. The summed E-state index contributed by atoms with van der Waals surface area (Å²) in [6, 6.07) is 10.3. The molecule has 19 heavy (non-hydrogen) atoms. The van der Waals surface area contributed by atoms with Crippen LogP contribution in [-0.4, -0.2) is 11.4 Å². The zero-order chi connectivity index (χ0) is 13.2. The summed E-state index contributed by atoms with van der Waals surface area (Å²) in [6.45, 7) is -0.851. The van der Waals surface area contributed by atoms with Crippen molar-refractivity contribution in [3.8, 4) is 11.4 Å². The van der Waals surface area contributed by atoms with Gasteiger partial charge < -0.3 is 4.74 Å². The highest BCUT2D eigenvalue weighted by molar-refractivity contribution is 5.38. The zero-order valence-corrected chi connectivity index (χ0v) is 10.4. The highest BCUT2D eigenvalue weighted by Gasteiger charge is 2.24. The van der Waals surface area contributed by atoms with Crippen LogP contribution in [0.1, 0.15) is 24.3 Å². The number of halogens is 1. The molecule has 0 atom stereocenters. The van der Waals surface area contributed by atoms with Crippen molar-refractivity contribution in [2.24, 2.45) is 0 Å². The monoisotopic (exact) mass is 259 g/mol. The molecule has 1 saturated carbocycles. The van der Waals surface area contributed by atoms with Crippen molar-refractivity contribution in [2.45, 2.75) is 18.8 Å². The molecule has 4 heteroatoms. The second-order valence-corrected chi connectivity index (χ2v) is 4.69. The van der Waals surface area contributed by atoms with Gasteiger partial charge >= 0.3 is 0 Å². The van der Waals surface area contributed by atoms with E-state index in [1.807, 2.05) is 12.3 Å². The predicted octanol–water partition coefficient (Wildman–Crippen LogP) is 3.02. The van der Waals surface area contributed by atoms with E-state index < -0.39 is 6.86 Å². The largest absolute Gasteiger partial charge is 0.463 e. The van der Waals surface area contributed by atoms with Crippen LogP contribution >= 0.6 is 0 Å². The highest BCUT2D eigenvalue weighted by atomic mass is 19.1. The number of hydrogen-bond donors (Lipinski definition) is 0. The zero-order valence-electron chi connectivity index (χ0n) is 10.4. The SMILES string of the molecule is O=c1ccc(C2CC2)cn1-c1ccc(OCF)cc1. The lowest BCUT2D eigenvalue weighted by Crippen LogP contribution is -2.16. The minimum Gasteiger partial charge on any atom is -0.463 e. The van der Waals surface area contributed by atoms with E-state index in [0.717, 1.165) is 5.69 Å². The van der Waals surface area contributed by atoms with Gasteiger partial charge in [-0.1, -0.05) is 6.07 Å². The van der Waals surface area contributed by atoms with E-state index in [1.165, 1.54) is 18.4 Å². The fourth-order valence-electron chi connectivity index (χ4n) is 2.13. The average Bonchev–Trinajstić information content (AvgIpc) is 3.25. The Morgan fingerprint density at radius 2 is 1.89 bits per heavy atom. The Labute approximate surface area is 110 Å².